The molecule has 0 saturated heterocycles. The monoisotopic (exact) mass is 426 g/mol. The van der Waals surface area contributed by atoms with Crippen molar-refractivity contribution in [3.05, 3.63) is 149 Å². The van der Waals surface area contributed by atoms with E-state index >= 15 is 0 Å². The Morgan fingerprint density at radius 2 is 1.33 bits per heavy atom. The lowest BCUT2D eigenvalue weighted by Gasteiger charge is -2.43. The standard InChI is InChI=1S/C32H26O/c1-33-26-20-21-28-27-18-10-11-19-29(27)31(30(28)22-26)32(25-16-8-9-17-25,23-12-4-2-5-13-23)24-14-6-3-7-15-24/h2-16,18-22,31H,17H2,1H3. The van der Waals surface area contributed by atoms with Gasteiger partial charge in [-0.3, -0.25) is 0 Å². The van der Waals surface area contributed by atoms with Crippen molar-refractivity contribution in [2.45, 2.75) is 17.8 Å². The minimum atomic E-state index is -0.334. The molecule has 4 aromatic rings. The van der Waals surface area contributed by atoms with Gasteiger partial charge in [-0.1, -0.05) is 115 Å². The topological polar surface area (TPSA) is 9.23 Å². The van der Waals surface area contributed by atoms with Crippen LogP contribution in [-0.4, -0.2) is 7.11 Å². The molecule has 0 amide bonds. The van der Waals surface area contributed by atoms with Gasteiger partial charge in [0.2, 0.25) is 0 Å². The first-order chi connectivity index (χ1) is 16.3. The van der Waals surface area contributed by atoms with Gasteiger partial charge in [-0.2, -0.15) is 0 Å². The molecule has 2 aliphatic rings. The maximum atomic E-state index is 5.71. The zero-order chi connectivity index (χ0) is 22.3. The van der Waals surface area contributed by atoms with Gasteiger partial charge in [0.1, 0.15) is 5.75 Å². The van der Waals surface area contributed by atoms with Gasteiger partial charge in [0.15, 0.2) is 0 Å². The predicted molar refractivity (Wildman–Crippen MR) is 136 cm³/mol. The molecular weight excluding hydrogens is 400 g/mol. The lowest BCUT2D eigenvalue weighted by molar-refractivity contribution is 0.413. The molecule has 0 fully saturated rings. The minimum Gasteiger partial charge on any atom is -0.497 e. The molecule has 1 nitrogen and oxygen atoms in total. The lowest BCUT2D eigenvalue weighted by Crippen LogP contribution is -2.37. The smallest absolute Gasteiger partial charge is 0.119 e. The zero-order valence-corrected chi connectivity index (χ0v) is 18.7. The largest absolute Gasteiger partial charge is 0.497 e. The second-order valence-corrected chi connectivity index (χ2v) is 8.84. The van der Waals surface area contributed by atoms with Crippen LogP contribution in [0, 0.1) is 0 Å². The summed E-state index contributed by atoms with van der Waals surface area (Å²) in [7, 11) is 1.75. The molecule has 33 heavy (non-hydrogen) atoms. The highest BCUT2D eigenvalue weighted by molar-refractivity contribution is 5.82. The van der Waals surface area contributed by atoms with E-state index in [1.807, 2.05) is 0 Å². The normalized spacial score (nSPS) is 16.3. The summed E-state index contributed by atoms with van der Waals surface area (Å²) in [5.74, 6) is 1.04. The molecule has 160 valence electrons. The Balaban J connectivity index is 1.75. The number of benzene rings is 4. The van der Waals surface area contributed by atoms with Crippen LogP contribution >= 0.6 is 0 Å². The number of hydrogen-bond acceptors (Lipinski definition) is 1. The van der Waals surface area contributed by atoms with Crippen molar-refractivity contribution < 1.29 is 4.74 Å². The molecule has 0 radical (unpaired) electrons. The highest BCUT2D eigenvalue weighted by Crippen LogP contribution is 2.60. The number of hydrogen-bond donors (Lipinski definition) is 0. The maximum absolute atomic E-state index is 5.71. The van der Waals surface area contributed by atoms with Gasteiger partial charge in [-0.25, -0.2) is 0 Å². The van der Waals surface area contributed by atoms with Gasteiger partial charge in [0, 0.05) is 5.92 Å². The minimum absolute atomic E-state index is 0.134. The summed E-state index contributed by atoms with van der Waals surface area (Å²) < 4.78 is 5.71. The zero-order valence-electron chi connectivity index (χ0n) is 18.7. The first kappa shape index (κ1) is 19.8. The molecular formula is C32H26O. The Hall–Kier alpha value is -3.84. The van der Waals surface area contributed by atoms with Crippen LogP contribution in [-0.2, 0) is 5.41 Å². The maximum Gasteiger partial charge on any atom is 0.119 e. The highest BCUT2D eigenvalue weighted by atomic mass is 16.5. The van der Waals surface area contributed by atoms with E-state index in [9.17, 15) is 0 Å². The molecule has 6 rings (SSSR count). The summed E-state index contributed by atoms with van der Waals surface area (Å²) in [6.45, 7) is 0. The fourth-order valence-corrected chi connectivity index (χ4v) is 5.98. The van der Waals surface area contributed by atoms with E-state index in [0.29, 0.717) is 0 Å². The number of fused-ring (bicyclic) bond motifs is 3. The molecule has 1 heteroatoms. The Bertz CT molecular complexity index is 1320. The molecule has 0 aromatic heterocycles. The fourth-order valence-electron chi connectivity index (χ4n) is 5.98. The Labute approximate surface area is 195 Å². The average molecular weight is 427 g/mol. The molecule has 0 spiro atoms. The van der Waals surface area contributed by atoms with Gasteiger partial charge < -0.3 is 4.74 Å². The van der Waals surface area contributed by atoms with Crippen molar-refractivity contribution in [1.29, 1.82) is 0 Å². The van der Waals surface area contributed by atoms with E-state index in [-0.39, 0.29) is 11.3 Å². The van der Waals surface area contributed by atoms with Crippen LogP contribution in [0.15, 0.2) is 127 Å². The van der Waals surface area contributed by atoms with Crippen LogP contribution in [0.25, 0.3) is 11.1 Å². The third-order valence-electron chi connectivity index (χ3n) is 7.30. The van der Waals surface area contributed by atoms with Crippen LogP contribution in [0.3, 0.4) is 0 Å². The molecule has 1 unspecified atom stereocenters. The van der Waals surface area contributed by atoms with Crippen molar-refractivity contribution in [3.8, 4) is 16.9 Å². The van der Waals surface area contributed by atoms with Gasteiger partial charge in [-0.15, -0.1) is 0 Å². The van der Waals surface area contributed by atoms with E-state index in [0.717, 1.165) is 12.2 Å². The van der Waals surface area contributed by atoms with Crippen LogP contribution < -0.4 is 4.74 Å². The van der Waals surface area contributed by atoms with E-state index in [4.69, 9.17) is 4.74 Å². The van der Waals surface area contributed by atoms with Crippen LogP contribution in [0.1, 0.15) is 34.6 Å². The summed E-state index contributed by atoms with van der Waals surface area (Å²) in [4.78, 5) is 0. The Morgan fingerprint density at radius 3 is 1.97 bits per heavy atom. The fraction of sp³-hybridized carbons (Fsp3) is 0.125. The molecule has 2 aliphatic carbocycles. The SMILES string of the molecule is COc1ccc2c(c1)C(C(C1=CC=CC1)(c1ccccc1)c1ccccc1)c1ccccc1-2. The number of rotatable bonds is 5. The van der Waals surface area contributed by atoms with Crippen molar-refractivity contribution in [3.63, 3.8) is 0 Å². The molecule has 0 heterocycles. The number of methoxy groups -OCH3 is 1. The van der Waals surface area contributed by atoms with Crippen molar-refractivity contribution in [1.82, 2.24) is 0 Å². The van der Waals surface area contributed by atoms with Gasteiger partial charge >= 0.3 is 0 Å². The first-order valence-electron chi connectivity index (χ1n) is 11.6. The third-order valence-corrected chi connectivity index (χ3v) is 7.30. The molecule has 1 atom stereocenters. The molecule has 0 bridgehead atoms. The summed E-state index contributed by atoms with van der Waals surface area (Å²) in [6, 6.07) is 37.6. The van der Waals surface area contributed by atoms with E-state index in [1.165, 1.54) is 39.0 Å². The third kappa shape index (κ3) is 2.93. The van der Waals surface area contributed by atoms with Gasteiger partial charge in [0.05, 0.1) is 12.5 Å². The van der Waals surface area contributed by atoms with E-state index < -0.39 is 0 Å². The quantitative estimate of drug-likeness (QED) is 0.318. The summed E-state index contributed by atoms with van der Waals surface area (Å²) in [5, 5.41) is 0. The second kappa shape index (κ2) is 7.94. The van der Waals surface area contributed by atoms with Crippen molar-refractivity contribution in [2.75, 3.05) is 7.11 Å². The Morgan fingerprint density at radius 1 is 0.697 bits per heavy atom. The highest BCUT2D eigenvalue weighted by Gasteiger charge is 2.50. The summed E-state index contributed by atoms with van der Waals surface area (Å²) in [6.07, 6.45) is 7.77. The Kier molecular flexibility index (Phi) is 4.77. The van der Waals surface area contributed by atoms with Gasteiger partial charge in [0.25, 0.3) is 0 Å². The van der Waals surface area contributed by atoms with E-state index in [2.05, 4.69) is 121 Å². The molecule has 0 N–H and O–H groups in total. The molecule has 0 saturated carbocycles. The average Bonchev–Trinajstić information content (AvgIpc) is 3.54. The van der Waals surface area contributed by atoms with Crippen molar-refractivity contribution >= 4 is 0 Å². The van der Waals surface area contributed by atoms with Crippen LogP contribution in [0.2, 0.25) is 0 Å². The first-order valence-corrected chi connectivity index (χ1v) is 11.6. The molecule has 0 aliphatic heterocycles. The van der Waals surface area contributed by atoms with Crippen molar-refractivity contribution in [2.24, 2.45) is 0 Å². The summed E-state index contributed by atoms with van der Waals surface area (Å²) in [5.41, 5.74) is 9.07. The van der Waals surface area contributed by atoms with Gasteiger partial charge in [-0.05, 0) is 51.9 Å². The number of allylic oxidation sites excluding steroid dienone is 4. The predicted octanol–water partition coefficient (Wildman–Crippen LogP) is 7.68. The lowest BCUT2D eigenvalue weighted by atomic mass is 9.58. The van der Waals surface area contributed by atoms with Crippen LogP contribution in [0.5, 0.6) is 5.75 Å². The molecule has 4 aromatic carbocycles. The van der Waals surface area contributed by atoms with Crippen LogP contribution in [0.4, 0.5) is 0 Å². The summed E-state index contributed by atoms with van der Waals surface area (Å²) >= 11 is 0. The second-order valence-electron chi connectivity index (χ2n) is 8.84. The number of ether oxygens (including phenoxy) is 1. The van der Waals surface area contributed by atoms with E-state index in [1.54, 1.807) is 7.11 Å².